The lowest BCUT2D eigenvalue weighted by Crippen LogP contribution is -2.30. The third kappa shape index (κ3) is 2.38. The van der Waals surface area contributed by atoms with Crippen LogP contribution in [0, 0.1) is 6.92 Å². The lowest BCUT2D eigenvalue weighted by atomic mass is 10.1. The van der Waals surface area contributed by atoms with Gasteiger partial charge in [0.25, 0.3) is 5.91 Å². The van der Waals surface area contributed by atoms with Crippen LogP contribution < -0.4 is 0 Å². The summed E-state index contributed by atoms with van der Waals surface area (Å²) in [6.45, 7) is 4.52. The van der Waals surface area contributed by atoms with Gasteiger partial charge in [-0.05, 0) is 13.3 Å². The molecule has 0 aliphatic heterocycles. The minimum Gasteiger partial charge on any atom is -0.339 e. The van der Waals surface area contributed by atoms with E-state index in [-0.39, 0.29) is 5.91 Å². The summed E-state index contributed by atoms with van der Waals surface area (Å²) in [5.41, 5.74) is 2.60. The van der Waals surface area contributed by atoms with Gasteiger partial charge in [-0.2, -0.15) is 5.10 Å². The number of alkyl halides is 1. The predicted octanol–water partition coefficient (Wildman–Crippen LogP) is 1.60. The van der Waals surface area contributed by atoms with Gasteiger partial charge in [-0.15, -0.1) is 11.6 Å². The largest absolute Gasteiger partial charge is 0.339 e. The Morgan fingerprint density at radius 2 is 2.19 bits per heavy atom. The second-order valence-electron chi connectivity index (χ2n) is 3.81. The zero-order valence-corrected chi connectivity index (χ0v) is 11.0. The average Bonchev–Trinajstić information content (AvgIpc) is 2.53. The van der Waals surface area contributed by atoms with Gasteiger partial charge in [0.05, 0.1) is 5.69 Å². The van der Waals surface area contributed by atoms with Crippen molar-refractivity contribution in [2.45, 2.75) is 20.3 Å². The molecule has 90 valence electrons. The molecule has 1 heterocycles. The van der Waals surface area contributed by atoms with E-state index in [1.807, 2.05) is 13.8 Å². The molecule has 0 bridgehead atoms. The molecule has 1 aromatic heterocycles. The summed E-state index contributed by atoms with van der Waals surface area (Å²) in [5.74, 6) is 0.424. The SMILES string of the molecule is CCc1nn(C)c(C(=O)N(C)CCCl)c1C. The van der Waals surface area contributed by atoms with Crippen molar-refractivity contribution >= 4 is 17.5 Å². The maximum Gasteiger partial charge on any atom is 0.272 e. The van der Waals surface area contributed by atoms with E-state index in [4.69, 9.17) is 11.6 Å². The molecule has 0 unspecified atom stereocenters. The average molecular weight is 244 g/mol. The van der Waals surface area contributed by atoms with Crippen molar-refractivity contribution in [3.63, 3.8) is 0 Å². The number of nitrogens with zero attached hydrogens (tertiary/aromatic N) is 3. The topological polar surface area (TPSA) is 38.1 Å². The number of amides is 1. The van der Waals surface area contributed by atoms with Crippen molar-refractivity contribution in [1.29, 1.82) is 0 Å². The van der Waals surface area contributed by atoms with Gasteiger partial charge in [0, 0.05) is 32.1 Å². The van der Waals surface area contributed by atoms with Crippen LogP contribution in [-0.4, -0.2) is 40.1 Å². The maximum absolute atomic E-state index is 12.1. The van der Waals surface area contributed by atoms with Crippen LogP contribution in [0.1, 0.15) is 28.7 Å². The first kappa shape index (κ1) is 13.0. The van der Waals surface area contributed by atoms with Crippen LogP contribution >= 0.6 is 11.6 Å². The van der Waals surface area contributed by atoms with Gasteiger partial charge in [-0.1, -0.05) is 6.92 Å². The zero-order valence-electron chi connectivity index (χ0n) is 10.2. The van der Waals surface area contributed by atoms with E-state index in [2.05, 4.69) is 5.10 Å². The number of rotatable bonds is 4. The molecule has 0 fully saturated rings. The number of aryl methyl sites for hydroxylation is 2. The Balaban J connectivity index is 3.03. The van der Waals surface area contributed by atoms with E-state index >= 15 is 0 Å². The normalized spacial score (nSPS) is 10.6. The monoisotopic (exact) mass is 243 g/mol. The van der Waals surface area contributed by atoms with Crippen molar-refractivity contribution in [2.75, 3.05) is 19.5 Å². The standard InChI is InChI=1S/C11H18ClN3O/c1-5-9-8(2)10(15(4)13-9)11(16)14(3)7-6-12/h5-7H2,1-4H3. The third-order valence-electron chi connectivity index (χ3n) is 2.69. The Morgan fingerprint density at radius 3 is 2.62 bits per heavy atom. The summed E-state index contributed by atoms with van der Waals surface area (Å²) in [7, 11) is 3.55. The molecule has 5 heteroatoms. The van der Waals surface area contributed by atoms with E-state index in [1.54, 1.807) is 23.7 Å². The number of hydrogen-bond acceptors (Lipinski definition) is 2. The number of halogens is 1. The van der Waals surface area contributed by atoms with Gasteiger partial charge in [0.15, 0.2) is 0 Å². The molecule has 0 aliphatic carbocycles. The van der Waals surface area contributed by atoms with Crippen LogP contribution in [0.15, 0.2) is 0 Å². The van der Waals surface area contributed by atoms with E-state index in [0.717, 1.165) is 17.7 Å². The number of carbonyl (C=O) groups excluding carboxylic acids is 1. The first-order chi connectivity index (χ1) is 7.52. The fraction of sp³-hybridized carbons (Fsp3) is 0.636. The Morgan fingerprint density at radius 1 is 1.56 bits per heavy atom. The second kappa shape index (κ2) is 5.34. The summed E-state index contributed by atoms with van der Waals surface area (Å²) >= 11 is 5.62. The van der Waals surface area contributed by atoms with Gasteiger partial charge in [-0.3, -0.25) is 9.48 Å². The van der Waals surface area contributed by atoms with Gasteiger partial charge >= 0.3 is 0 Å². The highest BCUT2D eigenvalue weighted by Gasteiger charge is 2.20. The quantitative estimate of drug-likeness (QED) is 0.754. The van der Waals surface area contributed by atoms with Crippen LogP contribution in [0.5, 0.6) is 0 Å². The van der Waals surface area contributed by atoms with Crippen molar-refractivity contribution < 1.29 is 4.79 Å². The molecule has 0 saturated carbocycles. The Bertz CT molecular complexity index is 387. The summed E-state index contributed by atoms with van der Waals surface area (Å²) in [5, 5.41) is 4.33. The number of aromatic nitrogens is 2. The van der Waals surface area contributed by atoms with Gasteiger partial charge in [0.2, 0.25) is 0 Å². The van der Waals surface area contributed by atoms with Crippen LogP contribution in [-0.2, 0) is 13.5 Å². The van der Waals surface area contributed by atoms with Crippen molar-refractivity contribution in [3.8, 4) is 0 Å². The Kier molecular flexibility index (Phi) is 4.35. The Hall–Kier alpha value is -1.03. The van der Waals surface area contributed by atoms with Crippen LogP contribution in [0.3, 0.4) is 0 Å². The highest BCUT2D eigenvalue weighted by atomic mass is 35.5. The molecule has 0 saturated heterocycles. The molecule has 1 rings (SSSR count). The summed E-state index contributed by atoms with van der Waals surface area (Å²) in [6, 6.07) is 0. The fourth-order valence-corrected chi connectivity index (χ4v) is 1.98. The highest BCUT2D eigenvalue weighted by molar-refractivity contribution is 6.18. The van der Waals surface area contributed by atoms with E-state index in [9.17, 15) is 4.79 Å². The predicted molar refractivity (Wildman–Crippen MR) is 65.0 cm³/mol. The third-order valence-corrected chi connectivity index (χ3v) is 2.86. The van der Waals surface area contributed by atoms with Crippen LogP contribution in [0.25, 0.3) is 0 Å². The second-order valence-corrected chi connectivity index (χ2v) is 4.19. The van der Waals surface area contributed by atoms with Crippen molar-refractivity contribution in [1.82, 2.24) is 14.7 Å². The summed E-state index contributed by atoms with van der Waals surface area (Å²) in [6.07, 6.45) is 0.839. The van der Waals surface area contributed by atoms with Gasteiger partial charge in [-0.25, -0.2) is 0 Å². The molecule has 16 heavy (non-hydrogen) atoms. The number of carbonyl (C=O) groups is 1. The summed E-state index contributed by atoms with van der Waals surface area (Å²) in [4.78, 5) is 13.7. The first-order valence-corrected chi connectivity index (χ1v) is 5.90. The smallest absolute Gasteiger partial charge is 0.272 e. The van der Waals surface area contributed by atoms with Gasteiger partial charge < -0.3 is 4.90 Å². The Labute approximate surface area is 101 Å². The molecular weight excluding hydrogens is 226 g/mol. The number of hydrogen-bond donors (Lipinski definition) is 0. The maximum atomic E-state index is 12.1. The molecule has 1 aromatic rings. The summed E-state index contributed by atoms with van der Waals surface area (Å²) < 4.78 is 1.65. The van der Waals surface area contributed by atoms with Gasteiger partial charge in [0.1, 0.15) is 5.69 Å². The van der Waals surface area contributed by atoms with Crippen LogP contribution in [0.4, 0.5) is 0 Å². The lowest BCUT2D eigenvalue weighted by Gasteiger charge is -2.15. The zero-order chi connectivity index (χ0) is 12.3. The van der Waals surface area contributed by atoms with Crippen molar-refractivity contribution in [3.05, 3.63) is 17.0 Å². The van der Waals surface area contributed by atoms with E-state index < -0.39 is 0 Å². The molecule has 1 amide bonds. The molecule has 4 nitrogen and oxygen atoms in total. The molecule has 0 atom stereocenters. The molecule has 0 radical (unpaired) electrons. The van der Waals surface area contributed by atoms with Crippen molar-refractivity contribution in [2.24, 2.45) is 7.05 Å². The fourth-order valence-electron chi connectivity index (χ4n) is 1.73. The molecule has 0 aliphatic rings. The molecule has 0 N–H and O–H groups in total. The lowest BCUT2D eigenvalue weighted by molar-refractivity contribution is 0.0792. The molecular formula is C11H18ClN3O. The van der Waals surface area contributed by atoms with E-state index in [0.29, 0.717) is 18.1 Å². The minimum atomic E-state index is -0.0205. The molecule has 0 aromatic carbocycles. The minimum absolute atomic E-state index is 0.0205. The highest BCUT2D eigenvalue weighted by Crippen LogP contribution is 2.14. The first-order valence-electron chi connectivity index (χ1n) is 5.36. The van der Waals surface area contributed by atoms with Crippen LogP contribution in [0.2, 0.25) is 0 Å². The van der Waals surface area contributed by atoms with E-state index in [1.165, 1.54) is 0 Å². The molecule has 0 spiro atoms.